The van der Waals surface area contributed by atoms with Crippen LogP contribution in [0.25, 0.3) is 10.8 Å². The van der Waals surface area contributed by atoms with Crippen LogP contribution in [0.2, 0.25) is 0 Å². The van der Waals surface area contributed by atoms with Crippen LogP contribution in [-0.4, -0.2) is 24.6 Å². The minimum atomic E-state index is -0.877. The Morgan fingerprint density at radius 3 is 2.64 bits per heavy atom. The molecule has 3 rings (SSSR count). The van der Waals surface area contributed by atoms with Crippen LogP contribution >= 0.6 is 50.3 Å². The smallest absolute Gasteiger partial charge is 0.313 e. The first kappa shape index (κ1) is 18.7. The Morgan fingerprint density at radius 2 is 1.96 bits per heavy atom. The second-order valence-electron chi connectivity index (χ2n) is 5.57. The minimum Gasteiger partial charge on any atom is -0.481 e. The van der Waals surface area contributed by atoms with Crippen LogP contribution in [0, 0.1) is 0 Å². The van der Waals surface area contributed by atoms with Gasteiger partial charge in [-0.05, 0) is 74.3 Å². The molecule has 2 aromatic rings. The third-order valence-electron chi connectivity index (χ3n) is 3.74. The summed E-state index contributed by atoms with van der Waals surface area (Å²) in [7, 11) is 0. The first-order valence-corrected chi connectivity index (χ1v) is 10.5. The van der Waals surface area contributed by atoms with Gasteiger partial charge in [-0.25, -0.2) is 0 Å². The van der Waals surface area contributed by atoms with Crippen LogP contribution < -0.4 is 5.32 Å². The van der Waals surface area contributed by atoms with E-state index in [1.165, 1.54) is 23.8 Å². The summed E-state index contributed by atoms with van der Waals surface area (Å²) in [5.74, 6) is -0.221. The standard InChI is InChI=1S/C17H15BrIN3O2S/c18-16(21-22-17(19)25-9-15(23)24)20-14-8-7-11(10-5-6-10)12-3-1-2-4-13(12)14/h1-4,7-8,10H,5-6,9H2,(H,20,21)(H,23,24)/b22-17+. The molecule has 1 saturated carbocycles. The lowest BCUT2D eigenvalue weighted by Gasteiger charge is -2.11. The number of nitrogens with one attached hydrogen (secondary N) is 1. The normalized spacial score (nSPS) is 15.4. The van der Waals surface area contributed by atoms with Crippen molar-refractivity contribution in [2.75, 3.05) is 11.1 Å². The van der Waals surface area contributed by atoms with Crippen molar-refractivity contribution in [3.8, 4) is 0 Å². The number of rotatable bonds is 5. The van der Waals surface area contributed by atoms with Crippen molar-refractivity contribution in [2.24, 2.45) is 10.2 Å². The Bertz CT molecular complexity index is 868. The molecular formula is C17H15BrIN3O2S. The van der Waals surface area contributed by atoms with E-state index in [4.69, 9.17) is 5.11 Å². The zero-order valence-corrected chi connectivity index (χ0v) is 17.6. The molecule has 0 bridgehead atoms. The van der Waals surface area contributed by atoms with Crippen molar-refractivity contribution in [3.05, 3.63) is 42.0 Å². The minimum absolute atomic E-state index is 0.0321. The number of hydrogen-bond donors (Lipinski definition) is 2. The highest BCUT2D eigenvalue weighted by Crippen LogP contribution is 2.44. The largest absolute Gasteiger partial charge is 0.481 e. The summed E-state index contributed by atoms with van der Waals surface area (Å²) < 4.78 is 1.04. The molecule has 0 saturated heterocycles. The first-order valence-electron chi connectivity index (χ1n) is 7.64. The summed E-state index contributed by atoms with van der Waals surface area (Å²) in [6, 6.07) is 12.6. The van der Waals surface area contributed by atoms with Gasteiger partial charge in [-0.15, -0.1) is 10.2 Å². The van der Waals surface area contributed by atoms with Gasteiger partial charge < -0.3 is 10.4 Å². The van der Waals surface area contributed by atoms with Crippen LogP contribution in [0.15, 0.2) is 46.6 Å². The maximum absolute atomic E-state index is 10.6. The summed E-state index contributed by atoms with van der Waals surface area (Å²) >= 11 is 6.47. The molecule has 0 aromatic heterocycles. The van der Waals surface area contributed by atoms with E-state index in [0.717, 1.165) is 22.8 Å². The first-order chi connectivity index (χ1) is 12.0. The number of hydrogen-bond acceptors (Lipinski definition) is 4. The van der Waals surface area contributed by atoms with Gasteiger partial charge in [-0.1, -0.05) is 42.1 Å². The Labute approximate surface area is 171 Å². The van der Waals surface area contributed by atoms with E-state index < -0.39 is 5.97 Å². The average Bonchev–Trinajstić information content (AvgIpc) is 3.43. The molecule has 8 heteroatoms. The van der Waals surface area contributed by atoms with Gasteiger partial charge in [0.05, 0.1) is 5.75 Å². The fraction of sp³-hybridized carbons (Fsp3) is 0.235. The number of fused-ring (bicyclic) bond motifs is 1. The van der Waals surface area contributed by atoms with Gasteiger partial charge in [0.1, 0.15) is 0 Å². The van der Waals surface area contributed by atoms with E-state index in [2.05, 4.69) is 61.8 Å². The molecule has 1 aliphatic rings. The van der Waals surface area contributed by atoms with E-state index in [1.807, 2.05) is 28.7 Å². The number of anilines is 1. The number of benzene rings is 2. The van der Waals surface area contributed by atoms with E-state index in [0.29, 0.717) is 13.7 Å². The van der Waals surface area contributed by atoms with E-state index in [-0.39, 0.29) is 5.75 Å². The predicted octanol–water partition coefficient (Wildman–Crippen LogP) is 5.40. The summed E-state index contributed by atoms with van der Waals surface area (Å²) in [6.07, 6.45) is 2.53. The van der Waals surface area contributed by atoms with Gasteiger partial charge >= 0.3 is 5.97 Å². The SMILES string of the molecule is O=C(O)CS/C(I)=N/N=C(/Br)Nc1ccc(C2CC2)c2ccccc12. The van der Waals surface area contributed by atoms with Crippen LogP contribution in [-0.2, 0) is 4.79 Å². The molecule has 0 spiro atoms. The molecule has 2 aromatic carbocycles. The number of thioether (sulfide) groups is 1. The molecule has 0 radical (unpaired) electrons. The van der Waals surface area contributed by atoms with E-state index in [1.54, 1.807) is 0 Å². The van der Waals surface area contributed by atoms with Crippen molar-refractivity contribution in [3.63, 3.8) is 0 Å². The summed E-state index contributed by atoms with van der Waals surface area (Å²) in [6.45, 7) is 0. The molecule has 0 amide bonds. The fourth-order valence-electron chi connectivity index (χ4n) is 2.55. The van der Waals surface area contributed by atoms with Crippen LogP contribution in [0.5, 0.6) is 0 Å². The number of nitrogens with zero attached hydrogens (tertiary/aromatic N) is 2. The average molecular weight is 532 g/mol. The van der Waals surface area contributed by atoms with Crippen molar-refractivity contribution >= 4 is 80.5 Å². The monoisotopic (exact) mass is 531 g/mol. The second kappa shape index (κ2) is 8.50. The number of carboxylic acid groups (broad SMARTS) is 1. The molecule has 1 aliphatic carbocycles. The number of amidine groups is 1. The van der Waals surface area contributed by atoms with Gasteiger partial charge in [0.15, 0.2) is 7.80 Å². The van der Waals surface area contributed by atoms with Crippen LogP contribution in [0.4, 0.5) is 5.69 Å². The van der Waals surface area contributed by atoms with Gasteiger partial charge in [0.25, 0.3) is 0 Å². The van der Waals surface area contributed by atoms with Crippen molar-refractivity contribution < 1.29 is 9.90 Å². The molecule has 25 heavy (non-hydrogen) atoms. The molecule has 2 N–H and O–H groups in total. The fourth-order valence-corrected chi connectivity index (χ4v) is 3.76. The molecule has 130 valence electrons. The van der Waals surface area contributed by atoms with Crippen molar-refractivity contribution in [2.45, 2.75) is 18.8 Å². The molecule has 0 atom stereocenters. The number of halogens is 2. The Hall–Kier alpha value is -1.13. The molecule has 0 unspecified atom stereocenters. The molecular weight excluding hydrogens is 517 g/mol. The Balaban J connectivity index is 1.78. The molecule has 1 fully saturated rings. The zero-order valence-electron chi connectivity index (χ0n) is 13.1. The van der Waals surface area contributed by atoms with Gasteiger partial charge in [0, 0.05) is 11.1 Å². The molecule has 0 aliphatic heterocycles. The Morgan fingerprint density at radius 1 is 1.24 bits per heavy atom. The summed E-state index contributed by atoms with van der Waals surface area (Å²) in [4.78, 5) is 10.6. The second-order valence-corrected chi connectivity index (χ2v) is 9.04. The quantitative estimate of drug-likeness (QED) is 0.178. The highest BCUT2D eigenvalue weighted by atomic mass is 127. The van der Waals surface area contributed by atoms with Gasteiger partial charge in [0.2, 0.25) is 0 Å². The Kier molecular flexibility index (Phi) is 6.34. The van der Waals surface area contributed by atoms with Gasteiger partial charge in [-0.2, -0.15) is 0 Å². The third-order valence-corrected chi connectivity index (χ3v) is 5.96. The highest BCUT2D eigenvalue weighted by molar-refractivity contribution is 14.1. The van der Waals surface area contributed by atoms with Crippen molar-refractivity contribution in [1.82, 2.24) is 0 Å². The predicted molar refractivity (Wildman–Crippen MR) is 117 cm³/mol. The third kappa shape index (κ3) is 5.18. The highest BCUT2D eigenvalue weighted by Gasteiger charge is 2.25. The molecule has 5 nitrogen and oxygen atoms in total. The summed E-state index contributed by atoms with van der Waals surface area (Å²) in [5, 5.41) is 22.4. The maximum atomic E-state index is 10.6. The lowest BCUT2D eigenvalue weighted by atomic mass is 10.00. The van der Waals surface area contributed by atoms with Crippen LogP contribution in [0.3, 0.4) is 0 Å². The summed E-state index contributed by atoms with van der Waals surface area (Å²) in [5.41, 5.74) is 2.37. The number of aliphatic carboxylic acids is 1. The lowest BCUT2D eigenvalue weighted by Crippen LogP contribution is -2.04. The maximum Gasteiger partial charge on any atom is 0.313 e. The number of carboxylic acids is 1. The van der Waals surface area contributed by atoms with E-state index in [9.17, 15) is 4.79 Å². The number of carbonyl (C=O) groups is 1. The zero-order chi connectivity index (χ0) is 17.8. The van der Waals surface area contributed by atoms with Crippen molar-refractivity contribution in [1.29, 1.82) is 0 Å². The van der Waals surface area contributed by atoms with Crippen LogP contribution in [0.1, 0.15) is 24.3 Å². The molecule has 0 heterocycles. The topological polar surface area (TPSA) is 74.0 Å². The van der Waals surface area contributed by atoms with E-state index >= 15 is 0 Å². The lowest BCUT2D eigenvalue weighted by molar-refractivity contribution is -0.133. The van der Waals surface area contributed by atoms with Gasteiger partial charge in [-0.3, -0.25) is 4.79 Å².